The van der Waals surface area contributed by atoms with E-state index in [9.17, 15) is 13.2 Å². The first-order valence-corrected chi connectivity index (χ1v) is 6.83. The van der Waals surface area contributed by atoms with Gasteiger partial charge in [0, 0.05) is 11.7 Å². The summed E-state index contributed by atoms with van der Waals surface area (Å²) in [7, 11) is 0. The van der Waals surface area contributed by atoms with Gasteiger partial charge < -0.3 is 5.32 Å². The van der Waals surface area contributed by atoms with Crippen LogP contribution in [0.4, 0.5) is 18.9 Å². The molecule has 1 N–H and O–H groups in total. The lowest BCUT2D eigenvalue weighted by Gasteiger charge is -2.23. The molecule has 1 aliphatic carbocycles. The lowest BCUT2D eigenvalue weighted by Crippen LogP contribution is -2.25. The molecule has 0 aliphatic heterocycles. The molecule has 2 unspecified atom stereocenters. The summed E-state index contributed by atoms with van der Waals surface area (Å²) >= 11 is 0. The van der Waals surface area contributed by atoms with Crippen LogP contribution in [-0.2, 0) is 6.18 Å². The average Bonchev–Trinajstić information content (AvgIpc) is 2.85. The SMILES string of the molecule is CCC1CCCC1Nc1ccc(C#N)cc1C(F)(F)F. The van der Waals surface area contributed by atoms with Gasteiger partial charge in [0.1, 0.15) is 0 Å². The molecule has 0 radical (unpaired) electrons. The highest BCUT2D eigenvalue weighted by Gasteiger charge is 2.35. The minimum absolute atomic E-state index is 0.0290. The molecule has 2 nitrogen and oxygen atoms in total. The predicted molar refractivity (Wildman–Crippen MR) is 71.2 cm³/mol. The maximum atomic E-state index is 13.1. The zero-order chi connectivity index (χ0) is 14.8. The van der Waals surface area contributed by atoms with Crippen LogP contribution in [0, 0.1) is 17.2 Å². The number of rotatable bonds is 3. The third-order valence-corrected chi connectivity index (χ3v) is 3.98. The van der Waals surface area contributed by atoms with Crippen LogP contribution in [0.15, 0.2) is 18.2 Å². The summed E-state index contributed by atoms with van der Waals surface area (Å²) in [5, 5.41) is 11.8. The number of alkyl halides is 3. The van der Waals surface area contributed by atoms with Crippen LogP contribution < -0.4 is 5.32 Å². The topological polar surface area (TPSA) is 35.8 Å². The fourth-order valence-corrected chi connectivity index (χ4v) is 2.89. The fraction of sp³-hybridized carbons (Fsp3) is 0.533. The van der Waals surface area contributed by atoms with Gasteiger partial charge in [-0.15, -0.1) is 0 Å². The van der Waals surface area contributed by atoms with Crippen molar-refractivity contribution in [3.63, 3.8) is 0 Å². The van der Waals surface area contributed by atoms with Gasteiger partial charge in [-0.25, -0.2) is 0 Å². The standard InChI is InChI=1S/C15H17F3N2/c1-2-11-4-3-5-13(11)20-14-7-6-10(9-19)8-12(14)15(16,17)18/h6-8,11,13,20H,2-5H2,1H3. The minimum Gasteiger partial charge on any atom is -0.382 e. The molecule has 1 fully saturated rings. The van der Waals surface area contributed by atoms with Crippen molar-refractivity contribution >= 4 is 5.69 Å². The fourth-order valence-electron chi connectivity index (χ4n) is 2.89. The van der Waals surface area contributed by atoms with Crippen molar-refractivity contribution in [3.05, 3.63) is 29.3 Å². The molecule has 2 rings (SSSR count). The Morgan fingerprint density at radius 2 is 2.10 bits per heavy atom. The average molecular weight is 282 g/mol. The summed E-state index contributed by atoms with van der Waals surface area (Å²) in [5.41, 5.74) is -0.638. The largest absolute Gasteiger partial charge is 0.418 e. The smallest absolute Gasteiger partial charge is 0.382 e. The first-order chi connectivity index (χ1) is 9.45. The molecule has 0 bridgehead atoms. The second kappa shape index (κ2) is 5.74. The first kappa shape index (κ1) is 14.7. The van der Waals surface area contributed by atoms with Crippen LogP contribution in [0.2, 0.25) is 0 Å². The summed E-state index contributed by atoms with van der Waals surface area (Å²) < 4.78 is 39.2. The third kappa shape index (κ3) is 3.06. The highest BCUT2D eigenvalue weighted by atomic mass is 19.4. The van der Waals surface area contributed by atoms with Gasteiger partial charge in [0.25, 0.3) is 0 Å². The minimum atomic E-state index is -4.45. The van der Waals surface area contributed by atoms with Crippen molar-refractivity contribution in [2.24, 2.45) is 5.92 Å². The Hall–Kier alpha value is -1.70. The summed E-state index contributed by atoms with van der Waals surface area (Å²) in [6.45, 7) is 2.06. The molecule has 2 atom stereocenters. The Balaban J connectivity index is 2.29. The van der Waals surface area contributed by atoms with Crippen molar-refractivity contribution in [2.75, 3.05) is 5.32 Å². The van der Waals surface area contributed by atoms with Crippen molar-refractivity contribution < 1.29 is 13.2 Å². The number of anilines is 1. The highest BCUT2D eigenvalue weighted by Crippen LogP contribution is 2.38. The first-order valence-electron chi connectivity index (χ1n) is 6.83. The molecule has 1 saturated carbocycles. The van der Waals surface area contributed by atoms with Crippen molar-refractivity contribution in [1.29, 1.82) is 5.26 Å². The van der Waals surface area contributed by atoms with Gasteiger partial charge in [-0.05, 0) is 37.0 Å². The zero-order valence-electron chi connectivity index (χ0n) is 11.3. The molecular weight excluding hydrogens is 265 g/mol. The highest BCUT2D eigenvalue weighted by molar-refractivity contribution is 5.56. The van der Waals surface area contributed by atoms with Gasteiger partial charge in [-0.2, -0.15) is 18.4 Å². The van der Waals surface area contributed by atoms with Gasteiger partial charge in [-0.1, -0.05) is 19.8 Å². The lowest BCUT2D eigenvalue weighted by molar-refractivity contribution is -0.137. The van der Waals surface area contributed by atoms with Crippen LogP contribution >= 0.6 is 0 Å². The van der Waals surface area contributed by atoms with E-state index in [1.165, 1.54) is 12.1 Å². The van der Waals surface area contributed by atoms with Crippen LogP contribution in [0.1, 0.15) is 43.7 Å². The van der Waals surface area contributed by atoms with Crippen LogP contribution in [-0.4, -0.2) is 6.04 Å². The molecule has 0 heterocycles. The molecule has 20 heavy (non-hydrogen) atoms. The van der Waals surface area contributed by atoms with Crippen molar-refractivity contribution in [1.82, 2.24) is 0 Å². The van der Waals surface area contributed by atoms with Crippen LogP contribution in [0.5, 0.6) is 0 Å². The number of benzene rings is 1. The van der Waals surface area contributed by atoms with Crippen LogP contribution in [0.3, 0.4) is 0 Å². The van der Waals surface area contributed by atoms with Crippen molar-refractivity contribution in [2.45, 2.75) is 44.8 Å². The zero-order valence-corrected chi connectivity index (χ0v) is 11.3. The molecule has 1 aromatic carbocycles. The summed E-state index contributed by atoms with van der Waals surface area (Å²) in [5.74, 6) is 0.423. The van der Waals surface area contributed by atoms with E-state index in [4.69, 9.17) is 5.26 Å². The Morgan fingerprint density at radius 1 is 1.35 bits per heavy atom. The number of hydrogen-bond acceptors (Lipinski definition) is 2. The number of hydrogen-bond donors (Lipinski definition) is 1. The summed E-state index contributed by atoms with van der Waals surface area (Å²) in [6.07, 6.45) is -0.472. The molecule has 1 aromatic rings. The third-order valence-electron chi connectivity index (χ3n) is 3.98. The van der Waals surface area contributed by atoms with Gasteiger partial charge >= 0.3 is 6.18 Å². The van der Waals surface area contributed by atoms with E-state index in [-0.39, 0.29) is 17.3 Å². The second-order valence-corrected chi connectivity index (χ2v) is 5.22. The molecule has 5 heteroatoms. The second-order valence-electron chi connectivity index (χ2n) is 5.22. The summed E-state index contributed by atoms with van der Waals surface area (Å²) in [6, 6.07) is 5.55. The van der Waals surface area contributed by atoms with E-state index >= 15 is 0 Å². The molecular formula is C15H17F3N2. The predicted octanol–water partition coefficient (Wildman–Crippen LogP) is 4.57. The van der Waals surface area contributed by atoms with Crippen molar-refractivity contribution in [3.8, 4) is 6.07 Å². The maximum Gasteiger partial charge on any atom is 0.418 e. The molecule has 0 aromatic heterocycles. The molecule has 0 amide bonds. The number of nitrogens with one attached hydrogen (secondary N) is 1. The Bertz CT molecular complexity index is 517. The number of halogens is 3. The van der Waals surface area contributed by atoms with Gasteiger partial charge in [0.15, 0.2) is 0 Å². The molecule has 1 aliphatic rings. The number of nitrogens with zero attached hydrogens (tertiary/aromatic N) is 1. The molecule has 108 valence electrons. The normalized spacial score (nSPS) is 22.6. The Labute approximate surface area is 116 Å². The van der Waals surface area contributed by atoms with Gasteiger partial charge in [-0.3, -0.25) is 0 Å². The van der Waals surface area contributed by atoms with E-state index in [0.717, 1.165) is 31.7 Å². The quantitative estimate of drug-likeness (QED) is 0.881. The van der Waals surface area contributed by atoms with E-state index in [0.29, 0.717) is 5.92 Å². The van der Waals surface area contributed by atoms with Gasteiger partial charge in [0.2, 0.25) is 0 Å². The molecule has 0 spiro atoms. The monoisotopic (exact) mass is 282 g/mol. The maximum absolute atomic E-state index is 13.1. The van der Waals surface area contributed by atoms with Crippen LogP contribution in [0.25, 0.3) is 0 Å². The summed E-state index contributed by atoms with van der Waals surface area (Å²) in [4.78, 5) is 0. The van der Waals surface area contributed by atoms with E-state index < -0.39 is 11.7 Å². The van der Waals surface area contributed by atoms with E-state index in [2.05, 4.69) is 12.2 Å². The lowest BCUT2D eigenvalue weighted by atomic mass is 9.99. The Morgan fingerprint density at radius 3 is 2.70 bits per heavy atom. The molecule has 0 saturated heterocycles. The van der Waals surface area contributed by atoms with E-state index in [1.54, 1.807) is 6.07 Å². The number of nitriles is 1. The van der Waals surface area contributed by atoms with E-state index in [1.807, 2.05) is 0 Å². The Kier molecular flexibility index (Phi) is 4.22. The van der Waals surface area contributed by atoms with Gasteiger partial charge in [0.05, 0.1) is 17.2 Å².